The van der Waals surface area contributed by atoms with E-state index in [4.69, 9.17) is 43.6 Å². The molecule has 0 spiro atoms. The van der Waals surface area contributed by atoms with Crippen molar-refractivity contribution in [2.24, 2.45) is 0 Å². The minimum atomic E-state index is -5.22. The van der Waals surface area contributed by atoms with Crippen LogP contribution in [-0.4, -0.2) is 114 Å². The van der Waals surface area contributed by atoms with Crippen molar-refractivity contribution in [1.82, 2.24) is 39.0 Å². The van der Waals surface area contributed by atoms with Crippen LogP contribution in [0.25, 0.3) is 22.3 Å². The highest BCUT2D eigenvalue weighted by molar-refractivity contribution is 7.47. The van der Waals surface area contributed by atoms with Gasteiger partial charge in [-0.3, -0.25) is 46.8 Å². The molecule has 3 fully saturated rings. The summed E-state index contributed by atoms with van der Waals surface area (Å²) in [5.41, 5.74) is 9.10. The van der Waals surface area contributed by atoms with Crippen LogP contribution >= 0.6 is 24.2 Å². The van der Waals surface area contributed by atoms with Gasteiger partial charge in [0.1, 0.15) is 36.6 Å². The first-order valence-corrected chi connectivity index (χ1v) is 17.9. The Morgan fingerprint density at radius 2 is 1.31 bits per heavy atom. The van der Waals surface area contributed by atoms with E-state index in [9.17, 15) is 43.4 Å². The maximum Gasteiger partial charge on any atom is 0.472 e. The maximum absolute atomic E-state index is 13.3. The van der Waals surface area contributed by atoms with Crippen LogP contribution < -0.4 is 22.6 Å². The van der Waals surface area contributed by atoms with Crippen molar-refractivity contribution >= 4 is 58.5 Å². The van der Waals surface area contributed by atoms with Crippen LogP contribution in [-0.2, 0) is 41.2 Å². The molecule has 26 nitrogen and oxygen atoms in total. The number of aliphatic hydroxyl groups is 1. The highest BCUT2D eigenvalue weighted by Gasteiger charge is 2.55. The van der Waals surface area contributed by atoms with Gasteiger partial charge in [0.25, 0.3) is 11.1 Å². The second-order valence-electron chi connectivity index (χ2n) is 10.7. The lowest BCUT2D eigenvalue weighted by atomic mass is 10.1. The number of H-pyrrole nitrogens is 2. The van der Waals surface area contributed by atoms with Crippen molar-refractivity contribution in [1.29, 1.82) is 0 Å². The predicted molar refractivity (Wildman–Crippen MR) is 156 cm³/mol. The summed E-state index contributed by atoms with van der Waals surface area (Å²) in [5, 5.41) is 11.2. The van der Waals surface area contributed by atoms with Crippen LogP contribution in [0.2, 0.25) is 0 Å². The first-order valence-electron chi connectivity index (χ1n) is 13.7. The number of phosphoric acid groups is 2. The number of aliphatic hydroxyl groups excluding tert-OH is 1. The van der Waals surface area contributed by atoms with E-state index < -0.39 is 97.7 Å². The fraction of sp³-hybridized carbons (Fsp3) is 0.500. The number of nitrogens with zero attached hydrogens (tertiary/aromatic N) is 6. The number of imidazole rings is 2. The zero-order valence-electron chi connectivity index (χ0n) is 24.1. The van der Waals surface area contributed by atoms with Crippen molar-refractivity contribution in [2.75, 3.05) is 24.7 Å². The van der Waals surface area contributed by atoms with Gasteiger partial charge >= 0.3 is 24.2 Å². The fourth-order valence-electron chi connectivity index (χ4n) is 5.59. The summed E-state index contributed by atoms with van der Waals surface area (Å²) in [6.45, 7) is -1.87. The lowest BCUT2D eigenvalue weighted by Gasteiger charge is -2.28. The average Bonchev–Trinajstić information content (AvgIpc) is 3.76. The number of phosphoric ester groups is 2. The van der Waals surface area contributed by atoms with Gasteiger partial charge in [0.2, 0.25) is 11.9 Å². The van der Waals surface area contributed by atoms with Crippen molar-refractivity contribution < 1.29 is 65.9 Å². The number of hydrogen-bond donors (Lipinski definition) is 9. The van der Waals surface area contributed by atoms with Crippen LogP contribution in [0.1, 0.15) is 12.5 Å². The number of nitrogen functional groups attached to an aromatic ring is 2. The van der Waals surface area contributed by atoms with Crippen molar-refractivity contribution in [3.63, 3.8) is 0 Å². The molecule has 11 N–H and O–H groups in total. The van der Waals surface area contributed by atoms with Gasteiger partial charge in [0, 0.05) is 0 Å². The van der Waals surface area contributed by atoms with Gasteiger partial charge in [-0.25, -0.2) is 19.1 Å². The molecule has 3 aliphatic heterocycles. The van der Waals surface area contributed by atoms with Crippen LogP contribution in [0, 0.1) is 0 Å². The summed E-state index contributed by atoms with van der Waals surface area (Å²) in [6.07, 6.45) is -11.3. The molecule has 2 unspecified atom stereocenters. The lowest BCUT2D eigenvalue weighted by Crippen LogP contribution is -2.39. The predicted octanol–water partition coefficient (Wildman–Crippen LogP) is -2.81. The summed E-state index contributed by atoms with van der Waals surface area (Å²) < 4.78 is 66.4. The van der Waals surface area contributed by atoms with Crippen LogP contribution in [0.5, 0.6) is 0 Å². The van der Waals surface area contributed by atoms with E-state index in [-0.39, 0.29) is 34.2 Å². The molecule has 49 heavy (non-hydrogen) atoms. The summed E-state index contributed by atoms with van der Waals surface area (Å²) in [7, 11) is -13.6. The van der Waals surface area contributed by atoms with Crippen molar-refractivity contribution in [3.8, 4) is 0 Å². The van der Waals surface area contributed by atoms with Crippen LogP contribution in [0.15, 0.2) is 22.2 Å². The Kier molecular flexibility index (Phi) is 8.71. The van der Waals surface area contributed by atoms with E-state index >= 15 is 0 Å². The lowest BCUT2D eigenvalue weighted by molar-refractivity contribution is -0.0663. The monoisotopic (exact) mass is 754 g/mol. The normalized spacial score (nSPS) is 35.7. The number of anilines is 2. The molecule has 0 amide bonds. The largest absolute Gasteiger partial charge is 0.472 e. The first-order chi connectivity index (χ1) is 23.1. The summed E-state index contributed by atoms with van der Waals surface area (Å²) in [4.78, 5) is 85.9. The minimum absolute atomic E-state index is 0.144. The SMILES string of the molecule is Nc1nc2c(ncn2[C@@H]2O[C@@H]3COP(=O)(O)O[C@H]4[C@@H](OP(O)O)[C@H](n5cnc6c(=O)[nH]c(N)nc65)O[C@@H]4COP(=O)(O)O[C@H]3[C@H]2O)c(=O)[nH]1. The van der Waals surface area contributed by atoms with E-state index in [1.54, 1.807) is 0 Å². The van der Waals surface area contributed by atoms with Gasteiger partial charge in [-0.1, -0.05) is 0 Å². The second kappa shape index (κ2) is 12.5. The Morgan fingerprint density at radius 1 is 0.837 bits per heavy atom. The Bertz CT molecular complexity index is 2120. The molecule has 4 aromatic heterocycles. The summed E-state index contributed by atoms with van der Waals surface area (Å²) >= 11 is 0. The topological polar surface area (TPSA) is 379 Å². The number of hydrogen-bond acceptors (Lipinski definition) is 20. The van der Waals surface area contributed by atoms with E-state index in [0.29, 0.717) is 0 Å². The molecule has 0 saturated carbocycles. The zero-order valence-corrected chi connectivity index (χ0v) is 26.8. The number of rotatable bonds is 4. The molecule has 0 radical (unpaired) electrons. The van der Waals surface area contributed by atoms with E-state index in [0.717, 1.165) is 21.8 Å². The maximum atomic E-state index is 13.3. The van der Waals surface area contributed by atoms with E-state index in [2.05, 4.69) is 29.9 Å². The summed E-state index contributed by atoms with van der Waals surface area (Å²) in [6, 6.07) is 0. The van der Waals surface area contributed by atoms with Crippen LogP contribution in [0.4, 0.5) is 11.9 Å². The number of fused-ring (bicyclic) bond motifs is 4. The van der Waals surface area contributed by atoms with Crippen LogP contribution in [0.3, 0.4) is 0 Å². The Labute approximate surface area is 270 Å². The van der Waals surface area contributed by atoms with E-state index in [1.807, 2.05) is 0 Å². The zero-order chi connectivity index (χ0) is 35.0. The molecular formula is C20H25N10O16P3. The number of ether oxygens (including phenoxy) is 2. The smallest absolute Gasteiger partial charge is 0.386 e. The molecule has 266 valence electrons. The minimum Gasteiger partial charge on any atom is -0.386 e. The highest BCUT2D eigenvalue weighted by Crippen LogP contribution is 2.54. The number of nitrogens with two attached hydrogens (primary N) is 2. The van der Waals surface area contributed by atoms with Crippen molar-refractivity contribution in [3.05, 3.63) is 33.4 Å². The van der Waals surface area contributed by atoms with Gasteiger partial charge in [0.15, 0.2) is 34.8 Å². The molecule has 7 heterocycles. The van der Waals surface area contributed by atoms with Crippen molar-refractivity contribution in [2.45, 2.75) is 49.1 Å². The van der Waals surface area contributed by atoms with E-state index in [1.165, 1.54) is 0 Å². The Morgan fingerprint density at radius 3 is 1.84 bits per heavy atom. The summed E-state index contributed by atoms with van der Waals surface area (Å²) in [5.74, 6) is -0.626. The quantitative estimate of drug-likeness (QED) is 0.0949. The third-order valence-corrected chi connectivity index (χ3v) is 9.98. The number of aromatic amines is 2. The average molecular weight is 754 g/mol. The third-order valence-electron chi connectivity index (χ3n) is 7.57. The molecule has 0 aromatic carbocycles. The first kappa shape index (κ1) is 34.2. The van der Waals surface area contributed by atoms with Gasteiger partial charge < -0.3 is 50.1 Å². The van der Waals surface area contributed by atoms with Gasteiger partial charge in [0.05, 0.1) is 25.9 Å². The van der Waals surface area contributed by atoms with Gasteiger partial charge in [-0.05, 0) is 0 Å². The van der Waals surface area contributed by atoms with Gasteiger partial charge in [-0.2, -0.15) is 9.97 Å². The highest BCUT2D eigenvalue weighted by atomic mass is 31.2. The van der Waals surface area contributed by atoms with Gasteiger partial charge in [-0.15, -0.1) is 0 Å². The number of aromatic nitrogens is 8. The molecule has 0 bridgehead atoms. The number of nitrogens with one attached hydrogen (secondary N) is 2. The molecule has 29 heteroatoms. The fourth-order valence-corrected chi connectivity index (χ4v) is 7.96. The molecule has 3 aliphatic rings. The second-order valence-corrected chi connectivity index (χ2v) is 14.2. The Balaban J connectivity index is 1.21. The molecule has 3 saturated heterocycles. The third kappa shape index (κ3) is 6.42. The molecule has 0 aliphatic carbocycles. The Hall–Kier alpha value is -3.29. The molecule has 7 rings (SSSR count). The molecule has 10 atom stereocenters. The standard InChI is InChI=1S/C20H25N10O16P3/c21-19-25-13-7(15(32)27-19)23-3-29(13)17-9(31)10-5(42-17)1-40-49(38,39)46-11-6(2-41-48(36,37)45-10)43-18(12(11)44-47(34)35)30-4-24-8-14(30)26-20(22)28-16(8)33/h3-6,9-12,17-18,31,34-35H,1-2H2,(H,36,37)(H,38,39)(H3,21,25,27,32)(H3,22,26,28,33)/t5-,6-,9-,10-,11-,12-,17-,18-/m1/s1. The molecule has 4 aromatic rings. The molecular weight excluding hydrogens is 729 g/mol.